The standard InChI is InChI=1S/C15H15N3O2S/c1-10-6-7-12(9-16)8-14(10)18-21(19,20)15-11(2)4-3-5-13(15)17/h3-8,18H,17H2,1-2H3. The first kappa shape index (κ1) is 14.9. The van der Waals surface area contributed by atoms with Gasteiger partial charge in [-0.2, -0.15) is 5.26 Å². The first-order valence-corrected chi connectivity index (χ1v) is 7.72. The van der Waals surface area contributed by atoms with E-state index in [4.69, 9.17) is 11.0 Å². The largest absolute Gasteiger partial charge is 0.398 e. The van der Waals surface area contributed by atoms with Crippen LogP contribution in [0.2, 0.25) is 0 Å². The second-order valence-corrected chi connectivity index (χ2v) is 6.36. The van der Waals surface area contributed by atoms with Gasteiger partial charge in [0.1, 0.15) is 4.90 Å². The van der Waals surface area contributed by atoms with E-state index in [0.29, 0.717) is 16.8 Å². The quantitative estimate of drug-likeness (QED) is 0.851. The Morgan fingerprint density at radius 3 is 2.48 bits per heavy atom. The fourth-order valence-corrected chi connectivity index (χ4v) is 3.52. The molecule has 0 fully saturated rings. The lowest BCUT2D eigenvalue weighted by Gasteiger charge is -2.14. The lowest BCUT2D eigenvalue weighted by molar-refractivity contribution is 0.601. The normalized spacial score (nSPS) is 10.9. The summed E-state index contributed by atoms with van der Waals surface area (Å²) in [6.07, 6.45) is 0. The molecule has 0 atom stereocenters. The fourth-order valence-electron chi connectivity index (χ4n) is 2.04. The second kappa shape index (κ2) is 5.46. The zero-order chi connectivity index (χ0) is 15.6. The summed E-state index contributed by atoms with van der Waals surface area (Å²) in [5.74, 6) is 0. The van der Waals surface area contributed by atoms with Crippen molar-refractivity contribution in [1.29, 1.82) is 5.26 Å². The Kier molecular flexibility index (Phi) is 3.87. The summed E-state index contributed by atoms with van der Waals surface area (Å²) < 4.78 is 27.5. The Hall–Kier alpha value is -2.52. The van der Waals surface area contributed by atoms with Crippen LogP contribution in [0.25, 0.3) is 0 Å². The highest BCUT2D eigenvalue weighted by molar-refractivity contribution is 7.93. The van der Waals surface area contributed by atoms with Gasteiger partial charge in [-0.05, 0) is 43.2 Å². The molecule has 0 unspecified atom stereocenters. The molecule has 2 aromatic rings. The van der Waals surface area contributed by atoms with E-state index in [1.54, 1.807) is 44.2 Å². The maximum absolute atomic E-state index is 12.5. The highest BCUT2D eigenvalue weighted by Crippen LogP contribution is 2.26. The third-order valence-corrected chi connectivity index (χ3v) is 4.71. The van der Waals surface area contributed by atoms with Crippen molar-refractivity contribution in [2.75, 3.05) is 10.5 Å². The monoisotopic (exact) mass is 301 g/mol. The average molecular weight is 301 g/mol. The zero-order valence-electron chi connectivity index (χ0n) is 11.7. The van der Waals surface area contributed by atoms with Gasteiger partial charge < -0.3 is 5.73 Å². The molecule has 0 bridgehead atoms. The van der Waals surface area contributed by atoms with E-state index in [1.807, 2.05) is 6.07 Å². The molecule has 0 heterocycles. The van der Waals surface area contributed by atoms with E-state index in [1.165, 1.54) is 6.07 Å². The molecule has 0 aliphatic heterocycles. The molecule has 2 rings (SSSR count). The van der Waals surface area contributed by atoms with Gasteiger partial charge in [0.25, 0.3) is 10.0 Å². The first-order valence-electron chi connectivity index (χ1n) is 6.24. The van der Waals surface area contributed by atoms with Crippen LogP contribution in [0.5, 0.6) is 0 Å². The molecule has 0 saturated heterocycles. The third-order valence-electron chi connectivity index (χ3n) is 3.12. The molecule has 6 heteroatoms. The van der Waals surface area contributed by atoms with Crippen molar-refractivity contribution in [2.24, 2.45) is 0 Å². The van der Waals surface area contributed by atoms with Crippen LogP contribution in [0.4, 0.5) is 11.4 Å². The molecular formula is C15H15N3O2S. The van der Waals surface area contributed by atoms with Crippen molar-refractivity contribution in [2.45, 2.75) is 18.7 Å². The molecule has 21 heavy (non-hydrogen) atoms. The number of hydrogen-bond donors (Lipinski definition) is 2. The minimum atomic E-state index is -3.81. The van der Waals surface area contributed by atoms with Crippen LogP contribution < -0.4 is 10.5 Å². The molecule has 2 aromatic carbocycles. The number of nitrogens with two attached hydrogens (primary N) is 1. The van der Waals surface area contributed by atoms with Crippen molar-refractivity contribution >= 4 is 21.4 Å². The lowest BCUT2D eigenvalue weighted by Crippen LogP contribution is -2.17. The number of nitrogens with zero attached hydrogens (tertiary/aromatic N) is 1. The van der Waals surface area contributed by atoms with Gasteiger partial charge in [0, 0.05) is 0 Å². The number of nitriles is 1. The zero-order valence-corrected chi connectivity index (χ0v) is 12.5. The molecule has 0 aromatic heterocycles. The molecule has 0 aliphatic rings. The van der Waals surface area contributed by atoms with Crippen LogP contribution >= 0.6 is 0 Å². The number of hydrogen-bond acceptors (Lipinski definition) is 4. The van der Waals surface area contributed by atoms with E-state index < -0.39 is 10.0 Å². The number of aryl methyl sites for hydroxylation is 2. The highest BCUT2D eigenvalue weighted by Gasteiger charge is 2.20. The molecule has 0 radical (unpaired) electrons. The highest BCUT2D eigenvalue weighted by atomic mass is 32.2. The number of benzene rings is 2. The van der Waals surface area contributed by atoms with Gasteiger partial charge in [-0.25, -0.2) is 8.42 Å². The SMILES string of the molecule is Cc1ccc(C#N)cc1NS(=O)(=O)c1c(C)cccc1N. The molecular weight excluding hydrogens is 286 g/mol. The summed E-state index contributed by atoms with van der Waals surface area (Å²) in [5, 5.41) is 8.91. The number of nitrogen functional groups attached to an aromatic ring is 1. The van der Waals surface area contributed by atoms with Gasteiger partial charge in [-0.3, -0.25) is 4.72 Å². The third kappa shape index (κ3) is 2.98. The van der Waals surface area contributed by atoms with Crippen LogP contribution in [0.15, 0.2) is 41.3 Å². The average Bonchev–Trinajstić information content (AvgIpc) is 2.40. The first-order chi connectivity index (χ1) is 9.85. The summed E-state index contributed by atoms with van der Waals surface area (Å²) in [6.45, 7) is 3.45. The topological polar surface area (TPSA) is 96.0 Å². The molecule has 0 spiro atoms. The molecule has 0 aliphatic carbocycles. The molecule has 0 amide bonds. The Balaban J connectivity index is 2.50. The summed E-state index contributed by atoms with van der Waals surface area (Å²) in [4.78, 5) is 0.0618. The second-order valence-electron chi connectivity index (χ2n) is 4.74. The number of anilines is 2. The van der Waals surface area contributed by atoms with E-state index in [2.05, 4.69) is 4.72 Å². The summed E-state index contributed by atoms with van der Waals surface area (Å²) in [6, 6.07) is 11.7. The van der Waals surface area contributed by atoms with Crippen molar-refractivity contribution in [3.05, 3.63) is 53.1 Å². The van der Waals surface area contributed by atoms with Crippen molar-refractivity contribution < 1.29 is 8.42 Å². The fraction of sp³-hybridized carbons (Fsp3) is 0.133. The predicted octanol–water partition coefficient (Wildman–Crippen LogP) is 2.56. The lowest BCUT2D eigenvalue weighted by atomic mass is 10.1. The maximum atomic E-state index is 12.5. The van der Waals surface area contributed by atoms with Crippen molar-refractivity contribution in [1.82, 2.24) is 0 Å². The minimum Gasteiger partial charge on any atom is -0.398 e. The van der Waals surface area contributed by atoms with Crippen LogP contribution in [0.3, 0.4) is 0 Å². The minimum absolute atomic E-state index is 0.0618. The van der Waals surface area contributed by atoms with Crippen LogP contribution in [0, 0.1) is 25.2 Å². The van der Waals surface area contributed by atoms with Crippen molar-refractivity contribution in [3.63, 3.8) is 0 Å². The van der Waals surface area contributed by atoms with Gasteiger partial charge in [0.05, 0.1) is 23.0 Å². The molecule has 108 valence electrons. The Morgan fingerprint density at radius 1 is 1.14 bits per heavy atom. The number of rotatable bonds is 3. The predicted molar refractivity (Wildman–Crippen MR) is 82.3 cm³/mol. The van der Waals surface area contributed by atoms with E-state index in [9.17, 15) is 8.42 Å². The maximum Gasteiger partial charge on any atom is 0.264 e. The van der Waals surface area contributed by atoms with Gasteiger partial charge >= 0.3 is 0 Å². The molecule has 0 saturated carbocycles. The Bertz CT molecular complexity index is 816. The van der Waals surface area contributed by atoms with Crippen LogP contribution in [-0.2, 0) is 10.0 Å². The summed E-state index contributed by atoms with van der Waals surface area (Å²) in [5.41, 5.74) is 8.03. The van der Waals surface area contributed by atoms with E-state index in [0.717, 1.165) is 5.56 Å². The number of nitrogens with one attached hydrogen (secondary N) is 1. The van der Waals surface area contributed by atoms with Gasteiger partial charge in [0.15, 0.2) is 0 Å². The van der Waals surface area contributed by atoms with Gasteiger partial charge in [-0.15, -0.1) is 0 Å². The Morgan fingerprint density at radius 2 is 1.86 bits per heavy atom. The van der Waals surface area contributed by atoms with Crippen molar-refractivity contribution in [3.8, 4) is 6.07 Å². The molecule has 5 nitrogen and oxygen atoms in total. The summed E-state index contributed by atoms with van der Waals surface area (Å²) in [7, 11) is -3.81. The van der Waals surface area contributed by atoms with E-state index in [-0.39, 0.29) is 10.6 Å². The van der Waals surface area contributed by atoms with Crippen LogP contribution in [0.1, 0.15) is 16.7 Å². The summed E-state index contributed by atoms with van der Waals surface area (Å²) >= 11 is 0. The smallest absolute Gasteiger partial charge is 0.264 e. The van der Waals surface area contributed by atoms with Crippen LogP contribution in [-0.4, -0.2) is 8.42 Å². The Labute approximate surface area is 124 Å². The van der Waals surface area contributed by atoms with E-state index >= 15 is 0 Å². The van der Waals surface area contributed by atoms with Gasteiger partial charge in [0.2, 0.25) is 0 Å². The number of sulfonamides is 1. The molecule has 3 N–H and O–H groups in total. The van der Waals surface area contributed by atoms with Gasteiger partial charge in [-0.1, -0.05) is 18.2 Å².